The Kier molecular flexibility index (Phi) is 6.66. The third kappa shape index (κ3) is 4.82. The van der Waals surface area contributed by atoms with Crippen molar-refractivity contribution < 1.29 is 27.2 Å². The molecule has 32 heavy (non-hydrogen) atoms. The highest BCUT2D eigenvalue weighted by Crippen LogP contribution is 2.29. The van der Waals surface area contributed by atoms with Crippen molar-refractivity contribution in [3.05, 3.63) is 71.7 Å². The van der Waals surface area contributed by atoms with E-state index in [9.17, 15) is 18.0 Å². The van der Waals surface area contributed by atoms with Gasteiger partial charge >= 0.3 is 0 Å². The van der Waals surface area contributed by atoms with E-state index in [2.05, 4.69) is 10.6 Å². The number of benzene rings is 2. The predicted molar refractivity (Wildman–Crippen MR) is 120 cm³/mol. The van der Waals surface area contributed by atoms with E-state index in [1.54, 1.807) is 25.1 Å². The summed E-state index contributed by atoms with van der Waals surface area (Å²) in [5.41, 5.74) is 1.64. The van der Waals surface area contributed by atoms with Gasteiger partial charge in [-0.15, -0.1) is 0 Å². The Morgan fingerprint density at radius 2 is 1.69 bits per heavy atom. The maximum atomic E-state index is 12.9. The van der Waals surface area contributed by atoms with E-state index < -0.39 is 21.8 Å². The molecular formula is C22H23N3O6S. The molecule has 0 aliphatic carbocycles. The molecule has 0 spiro atoms. The number of hydrogen-bond acceptors (Lipinski definition) is 6. The molecular weight excluding hydrogens is 434 g/mol. The van der Waals surface area contributed by atoms with Gasteiger partial charge in [-0.25, -0.2) is 12.7 Å². The van der Waals surface area contributed by atoms with E-state index in [1.165, 1.54) is 57.8 Å². The third-order valence-corrected chi connectivity index (χ3v) is 6.50. The van der Waals surface area contributed by atoms with Crippen LogP contribution in [0.15, 0.2) is 64.1 Å². The van der Waals surface area contributed by atoms with Crippen LogP contribution in [-0.4, -0.2) is 45.7 Å². The number of ether oxygens (including phenoxy) is 1. The topological polar surface area (TPSA) is 118 Å². The number of sulfonamides is 1. The van der Waals surface area contributed by atoms with Crippen LogP contribution in [0, 0.1) is 6.92 Å². The van der Waals surface area contributed by atoms with Crippen molar-refractivity contribution in [3.63, 3.8) is 0 Å². The lowest BCUT2D eigenvalue weighted by Gasteiger charge is -2.15. The number of methoxy groups -OCH3 is 1. The highest BCUT2D eigenvalue weighted by molar-refractivity contribution is 7.89. The van der Waals surface area contributed by atoms with E-state index in [0.717, 1.165) is 9.87 Å². The van der Waals surface area contributed by atoms with Crippen molar-refractivity contribution in [2.75, 3.05) is 31.8 Å². The molecule has 0 radical (unpaired) electrons. The number of nitrogens with one attached hydrogen (secondary N) is 2. The first-order valence-corrected chi connectivity index (χ1v) is 10.9. The molecule has 9 nitrogen and oxygen atoms in total. The Bertz CT molecular complexity index is 1250. The van der Waals surface area contributed by atoms with Gasteiger partial charge in [0.05, 0.1) is 24.0 Å². The summed E-state index contributed by atoms with van der Waals surface area (Å²) in [6.07, 6.45) is 1.39. The van der Waals surface area contributed by atoms with Gasteiger partial charge in [-0.05, 0) is 55.0 Å². The SMILES string of the molecule is COc1ccc(S(=O)(=O)N(C)C)cc1NC(=O)c1ccc(C)c(NC(=O)c2ccco2)c1. The molecule has 0 unspecified atom stereocenters. The Morgan fingerprint density at radius 3 is 2.31 bits per heavy atom. The van der Waals surface area contributed by atoms with E-state index in [-0.39, 0.29) is 21.9 Å². The number of aryl methyl sites for hydroxylation is 1. The maximum Gasteiger partial charge on any atom is 0.291 e. The molecule has 3 rings (SSSR count). The van der Waals surface area contributed by atoms with Gasteiger partial charge in [-0.3, -0.25) is 9.59 Å². The lowest BCUT2D eigenvalue weighted by molar-refractivity contribution is 0.0993. The van der Waals surface area contributed by atoms with Gasteiger partial charge in [0.15, 0.2) is 5.76 Å². The van der Waals surface area contributed by atoms with Crippen molar-refractivity contribution in [1.82, 2.24) is 4.31 Å². The van der Waals surface area contributed by atoms with Crippen molar-refractivity contribution >= 4 is 33.2 Å². The molecule has 0 saturated heterocycles. The van der Waals surface area contributed by atoms with Crippen LogP contribution in [0.25, 0.3) is 0 Å². The van der Waals surface area contributed by atoms with Crippen LogP contribution in [0.2, 0.25) is 0 Å². The van der Waals surface area contributed by atoms with E-state index in [0.29, 0.717) is 11.4 Å². The predicted octanol–water partition coefficient (Wildman–Crippen LogP) is 3.35. The molecule has 0 bridgehead atoms. The summed E-state index contributed by atoms with van der Waals surface area (Å²) in [6, 6.07) is 12.1. The molecule has 0 saturated carbocycles. The Balaban J connectivity index is 1.88. The quantitative estimate of drug-likeness (QED) is 0.562. The second-order valence-electron chi connectivity index (χ2n) is 7.06. The van der Waals surface area contributed by atoms with Gasteiger partial charge in [0, 0.05) is 25.3 Å². The number of nitrogens with zero attached hydrogens (tertiary/aromatic N) is 1. The number of amides is 2. The molecule has 1 aromatic heterocycles. The van der Waals surface area contributed by atoms with Crippen LogP contribution in [-0.2, 0) is 10.0 Å². The van der Waals surface area contributed by atoms with Gasteiger partial charge < -0.3 is 19.8 Å². The summed E-state index contributed by atoms with van der Waals surface area (Å²) in [5, 5.41) is 5.39. The molecule has 2 N–H and O–H groups in total. The van der Waals surface area contributed by atoms with E-state index >= 15 is 0 Å². The zero-order chi connectivity index (χ0) is 23.5. The highest BCUT2D eigenvalue weighted by Gasteiger charge is 2.20. The normalized spacial score (nSPS) is 11.3. The molecule has 2 amide bonds. The maximum absolute atomic E-state index is 12.9. The van der Waals surface area contributed by atoms with Crippen LogP contribution in [0.1, 0.15) is 26.5 Å². The molecule has 2 aromatic carbocycles. The molecule has 10 heteroatoms. The minimum Gasteiger partial charge on any atom is -0.495 e. The molecule has 3 aromatic rings. The summed E-state index contributed by atoms with van der Waals surface area (Å²) in [4.78, 5) is 25.2. The number of carbonyl (C=O) groups is 2. The van der Waals surface area contributed by atoms with Crippen LogP contribution in [0.3, 0.4) is 0 Å². The first-order chi connectivity index (χ1) is 15.1. The number of anilines is 2. The van der Waals surface area contributed by atoms with Crippen molar-refractivity contribution in [2.45, 2.75) is 11.8 Å². The Morgan fingerprint density at radius 1 is 0.969 bits per heavy atom. The first kappa shape index (κ1) is 23.0. The highest BCUT2D eigenvalue weighted by atomic mass is 32.2. The number of rotatable bonds is 7. The molecule has 1 heterocycles. The first-order valence-electron chi connectivity index (χ1n) is 9.51. The average molecular weight is 458 g/mol. The van der Waals surface area contributed by atoms with Gasteiger partial charge in [0.25, 0.3) is 11.8 Å². The summed E-state index contributed by atoms with van der Waals surface area (Å²) in [6.45, 7) is 1.79. The third-order valence-electron chi connectivity index (χ3n) is 4.69. The van der Waals surface area contributed by atoms with Gasteiger partial charge in [0.1, 0.15) is 5.75 Å². The summed E-state index contributed by atoms with van der Waals surface area (Å²) in [7, 11) is 0.552. The zero-order valence-corrected chi connectivity index (χ0v) is 18.8. The van der Waals surface area contributed by atoms with Crippen molar-refractivity contribution in [2.24, 2.45) is 0 Å². The summed E-state index contributed by atoms with van der Waals surface area (Å²) in [5.74, 6) is -0.507. The minimum absolute atomic E-state index is 0.00825. The molecule has 0 atom stereocenters. The molecule has 168 valence electrons. The van der Waals surface area contributed by atoms with E-state index in [4.69, 9.17) is 9.15 Å². The lowest BCUT2D eigenvalue weighted by atomic mass is 10.1. The van der Waals surface area contributed by atoms with Gasteiger partial charge in [-0.1, -0.05) is 6.07 Å². The monoisotopic (exact) mass is 457 g/mol. The smallest absolute Gasteiger partial charge is 0.291 e. The number of carbonyl (C=O) groups excluding carboxylic acids is 2. The number of furan rings is 1. The van der Waals surface area contributed by atoms with E-state index in [1.807, 2.05) is 0 Å². The largest absolute Gasteiger partial charge is 0.495 e. The van der Waals surface area contributed by atoms with Crippen LogP contribution in [0.4, 0.5) is 11.4 Å². The fraction of sp³-hybridized carbons (Fsp3) is 0.182. The van der Waals surface area contributed by atoms with Crippen molar-refractivity contribution in [1.29, 1.82) is 0 Å². The molecule has 0 aliphatic heterocycles. The minimum atomic E-state index is -3.70. The van der Waals surface area contributed by atoms with Gasteiger partial charge in [-0.2, -0.15) is 0 Å². The van der Waals surface area contributed by atoms with Crippen LogP contribution in [0.5, 0.6) is 5.75 Å². The summed E-state index contributed by atoms with van der Waals surface area (Å²) >= 11 is 0. The summed E-state index contributed by atoms with van der Waals surface area (Å²) < 4.78 is 36.3. The second-order valence-corrected chi connectivity index (χ2v) is 9.22. The standard InChI is InChI=1S/C22H23N3O6S/c1-14-7-8-15(12-17(14)23-22(27)20-6-5-11-31-20)21(26)24-18-13-16(9-10-19(18)30-4)32(28,29)25(2)3/h5-13H,1-4H3,(H,23,27)(H,24,26). The zero-order valence-electron chi connectivity index (χ0n) is 18.0. The Hall–Kier alpha value is -3.63. The number of hydrogen-bond donors (Lipinski definition) is 2. The van der Waals surface area contributed by atoms with Crippen LogP contribution >= 0.6 is 0 Å². The average Bonchev–Trinajstić information content (AvgIpc) is 3.30. The van der Waals surface area contributed by atoms with Crippen LogP contribution < -0.4 is 15.4 Å². The lowest BCUT2D eigenvalue weighted by Crippen LogP contribution is -2.22. The Labute approximate surface area is 186 Å². The molecule has 0 aliphatic rings. The van der Waals surface area contributed by atoms with Crippen molar-refractivity contribution in [3.8, 4) is 5.75 Å². The fourth-order valence-corrected chi connectivity index (χ4v) is 3.77. The molecule has 0 fully saturated rings. The van der Waals surface area contributed by atoms with Gasteiger partial charge in [0.2, 0.25) is 10.0 Å². The second kappa shape index (κ2) is 9.25. The fourth-order valence-electron chi connectivity index (χ4n) is 2.84.